The lowest BCUT2D eigenvalue weighted by atomic mass is 10.2. The molecule has 102 valence electrons. The summed E-state index contributed by atoms with van der Waals surface area (Å²) in [6.45, 7) is 2.15. The molecule has 0 aliphatic carbocycles. The first-order valence-electron chi connectivity index (χ1n) is 5.81. The van der Waals surface area contributed by atoms with E-state index in [9.17, 15) is 4.79 Å². The molecule has 3 rings (SSSR count). The van der Waals surface area contributed by atoms with Crippen molar-refractivity contribution in [3.63, 3.8) is 0 Å². The van der Waals surface area contributed by atoms with Crippen LogP contribution in [-0.2, 0) is 6.54 Å². The molecule has 3 aromatic rings. The molecule has 0 unspecified atom stereocenters. The van der Waals surface area contributed by atoms with Crippen molar-refractivity contribution in [2.75, 3.05) is 0 Å². The monoisotopic (exact) mass is 397 g/mol. The molecule has 0 N–H and O–H groups in total. The van der Waals surface area contributed by atoms with Crippen LogP contribution in [0.1, 0.15) is 11.5 Å². The number of nitrogens with zero attached hydrogens (tertiary/aromatic N) is 3. The maximum Gasteiger partial charge on any atom is 0.261 e. The van der Waals surface area contributed by atoms with Crippen LogP contribution in [0.3, 0.4) is 0 Å². The van der Waals surface area contributed by atoms with Crippen LogP contribution in [0.2, 0.25) is 0 Å². The molecule has 20 heavy (non-hydrogen) atoms. The van der Waals surface area contributed by atoms with Crippen LogP contribution in [0.15, 0.2) is 42.8 Å². The summed E-state index contributed by atoms with van der Waals surface area (Å²) in [7, 11) is 0. The van der Waals surface area contributed by atoms with E-state index >= 15 is 0 Å². The van der Waals surface area contributed by atoms with Crippen LogP contribution in [0.5, 0.6) is 0 Å². The van der Waals surface area contributed by atoms with Crippen molar-refractivity contribution in [2.24, 2.45) is 0 Å². The lowest BCUT2D eigenvalue weighted by Crippen LogP contribution is -2.21. The average molecular weight is 399 g/mol. The smallest absolute Gasteiger partial charge is 0.261 e. The third kappa shape index (κ3) is 2.43. The van der Waals surface area contributed by atoms with Gasteiger partial charge in [-0.05, 0) is 35.0 Å². The Labute approximate surface area is 130 Å². The molecule has 0 fully saturated rings. The zero-order valence-corrected chi connectivity index (χ0v) is 13.6. The summed E-state index contributed by atoms with van der Waals surface area (Å²) in [6.07, 6.45) is 1.52. The van der Waals surface area contributed by atoms with Crippen molar-refractivity contribution in [1.82, 2.24) is 14.7 Å². The number of rotatable bonds is 2. The summed E-state index contributed by atoms with van der Waals surface area (Å²) >= 11 is 6.79. The van der Waals surface area contributed by atoms with Gasteiger partial charge in [0, 0.05) is 15.0 Å². The lowest BCUT2D eigenvalue weighted by Gasteiger charge is -2.06. The summed E-state index contributed by atoms with van der Waals surface area (Å²) in [5, 5.41) is 4.44. The second-order valence-electron chi connectivity index (χ2n) is 4.39. The van der Waals surface area contributed by atoms with Crippen molar-refractivity contribution >= 4 is 42.8 Å². The molecule has 0 bridgehead atoms. The van der Waals surface area contributed by atoms with Gasteiger partial charge < -0.3 is 4.52 Å². The fourth-order valence-corrected chi connectivity index (χ4v) is 3.30. The first-order chi connectivity index (χ1) is 9.54. The predicted octanol–water partition coefficient (Wildman–Crippen LogP) is 3.27. The minimum Gasteiger partial charge on any atom is -0.361 e. The second kappa shape index (κ2) is 5.14. The number of halogens is 2. The summed E-state index contributed by atoms with van der Waals surface area (Å²) in [5.74, 6) is 0.715. The third-order valence-electron chi connectivity index (χ3n) is 2.85. The zero-order valence-electron chi connectivity index (χ0n) is 10.4. The maximum absolute atomic E-state index is 12.5. The first-order valence-corrected chi connectivity index (χ1v) is 7.39. The Balaban J connectivity index is 2.14. The predicted molar refractivity (Wildman–Crippen MR) is 81.7 cm³/mol. The third-order valence-corrected chi connectivity index (χ3v) is 3.92. The van der Waals surface area contributed by atoms with Crippen LogP contribution in [-0.4, -0.2) is 14.7 Å². The molecule has 0 atom stereocenters. The van der Waals surface area contributed by atoms with Crippen molar-refractivity contribution in [1.29, 1.82) is 0 Å². The molecule has 0 saturated carbocycles. The van der Waals surface area contributed by atoms with Crippen LogP contribution in [0, 0.1) is 6.92 Å². The number of aryl methyl sites for hydroxylation is 1. The van der Waals surface area contributed by atoms with Gasteiger partial charge in [-0.2, -0.15) is 0 Å². The highest BCUT2D eigenvalue weighted by atomic mass is 79.9. The topological polar surface area (TPSA) is 60.9 Å². The summed E-state index contributed by atoms with van der Waals surface area (Å²) < 4.78 is 8.12. The Bertz CT molecular complexity index is 854. The van der Waals surface area contributed by atoms with Gasteiger partial charge in [-0.15, -0.1) is 0 Å². The fourth-order valence-electron chi connectivity index (χ4n) is 1.97. The quantitative estimate of drug-likeness (QED) is 0.664. The van der Waals surface area contributed by atoms with E-state index in [4.69, 9.17) is 4.52 Å². The van der Waals surface area contributed by atoms with E-state index < -0.39 is 0 Å². The van der Waals surface area contributed by atoms with Crippen LogP contribution in [0.4, 0.5) is 0 Å². The Morgan fingerprint density at radius 2 is 2.10 bits per heavy atom. The SMILES string of the molecule is Cc1cc(Cn2cnc3c(Br)cc(Br)cc3c2=O)no1. The second-order valence-corrected chi connectivity index (χ2v) is 6.16. The van der Waals surface area contributed by atoms with E-state index in [1.165, 1.54) is 10.9 Å². The van der Waals surface area contributed by atoms with Gasteiger partial charge in [0.2, 0.25) is 0 Å². The Kier molecular flexibility index (Phi) is 3.47. The molecular formula is C13H9Br2N3O2. The van der Waals surface area contributed by atoms with Crippen LogP contribution >= 0.6 is 31.9 Å². The highest BCUT2D eigenvalue weighted by Crippen LogP contribution is 2.24. The zero-order chi connectivity index (χ0) is 14.3. The minimum atomic E-state index is -0.113. The fraction of sp³-hybridized carbons (Fsp3) is 0.154. The molecule has 5 nitrogen and oxygen atoms in total. The van der Waals surface area contributed by atoms with Crippen molar-refractivity contribution in [3.05, 3.63) is 55.3 Å². The summed E-state index contributed by atoms with van der Waals surface area (Å²) in [4.78, 5) is 16.8. The van der Waals surface area contributed by atoms with Crippen molar-refractivity contribution in [2.45, 2.75) is 13.5 Å². The summed E-state index contributed by atoms with van der Waals surface area (Å²) in [6, 6.07) is 5.42. The standard InChI is InChI=1S/C13H9Br2N3O2/c1-7-2-9(17-20-7)5-18-6-16-12-10(13(18)19)3-8(14)4-11(12)15/h2-4,6H,5H2,1H3. The Hall–Kier alpha value is -1.47. The Morgan fingerprint density at radius 3 is 2.80 bits per heavy atom. The average Bonchev–Trinajstić information content (AvgIpc) is 2.79. The van der Waals surface area contributed by atoms with Gasteiger partial charge in [-0.25, -0.2) is 4.98 Å². The van der Waals surface area contributed by atoms with Gasteiger partial charge in [0.1, 0.15) is 11.5 Å². The van der Waals surface area contributed by atoms with Gasteiger partial charge in [-0.3, -0.25) is 9.36 Å². The number of hydrogen-bond donors (Lipinski definition) is 0. The van der Waals surface area contributed by atoms with E-state index in [0.717, 1.165) is 8.95 Å². The van der Waals surface area contributed by atoms with E-state index in [1.807, 2.05) is 13.0 Å². The van der Waals surface area contributed by atoms with E-state index in [2.05, 4.69) is 42.0 Å². The normalized spacial score (nSPS) is 11.2. The molecule has 0 saturated heterocycles. The largest absolute Gasteiger partial charge is 0.361 e. The minimum absolute atomic E-state index is 0.113. The van der Waals surface area contributed by atoms with E-state index in [0.29, 0.717) is 28.9 Å². The molecule has 7 heteroatoms. The molecule has 0 amide bonds. The highest BCUT2D eigenvalue weighted by molar-refractivity contribution is 9.11. The lowest BCUT2D eigenvalue weighted by molar-refractivity contribution is 0.388. The molecule has 2 heterocycles. The molecule has 0 aliphatic heterocycles. The highest BCUT2D eigenvalue weighted by Gasteiger charge is 2.10. The van der Waals surface area contributed by atoms with Gasteiger partial charge in [-0.1, -0.05) is 21.1 Å². The van der Waals surface area contributed by atoms with Crippen molar-refractivity contribution in [3.8, 4) is 0 Å². The molecular weight excluding hydrogens is 390 g/mol. The number of hydrogen-bond acceptors (Lipinski definition) is 4. The number of benzene rings is 1. The molecule has 0 radical (unpaired) electrons. The maximum atomic E-state index is 12.5. The van der Waals surface area contributed by atoms with Crippen LogP contribution < -0.4 is 5.56 Å². The van der Waals surface area contributed by atoms with E-state index in [-0.39, 0.29) is 5.56 Å². The molecule has 0 aliphatic rings. The van der Waals surface area contributed by atoms with Crippen LogP contribution in [0.25, 0.3) is 10.9 Å². The van der Waals surface area contributed by atoms with E-state index in [1.54, 1.807) is 12.1 Å². The molecule has 2 aromatic heterocycles. The van der Waals surface area contributed by atoms with Gasteiger partial charge in [0.15, 0.2) is 0 Å². The van der Waals surface area contributed by atoms with Crippen molar-refractivity contribution < 1.29 is 4.52 Å². The Morgan fingerprint density at radius 1 is 1.30 bits per heavy atom. The molecule has 1 aromatic carbocycles. The number of fused-ring (bicyclic) bond motifs is 1. The van der Waals surface area contributed by atoms with Gasteiger partial charge >= 0.3 is 0 Å². The van der Waals surface area contributed by atoms with Gasteiger partial charge in [0.05, 0.1) is 23.8 Å². The molecule has 0 spiro atoms. The van der Waals surface area contributed by atoms with Gasteiger partial charge in [0.25, 0.3) is 5.56 Å². The first kappa shape index (κ1) is 13.5. The number of aromatic nitrogens is 3. The summed E-state index contributed by atoms with van der Waals surface area (Å²) in [5.41, 5.74) is 1.23.